The number of hydrogen-bond donors (Lipinski definition) is 4. The number of halogens is 1. The maximum Gasteiger partial charge on any atom is 0.228 e. The van der Waals surface area contributed by atoms with Crippen LogP contribution in [0.5, 0.6) is 0 Å². The number of H-pyrrole nitrogens is 1. The van der Waals surface area contributed by atoms with Gasteiger partial charge in [-0.1, -0.05) is 18.2 Å². The van der Waals surface area contributed by atoms with Crippen LogP contribution in [-0.2, 0) is 18.6 Å². The molecule has 0 saturated carbocycles. The molecule has 1 unspecified atom stereocenters. The lowest BCUT2D eigenvalue weighted by Gasteiger charge is -2.24. The molecule has 6 rings (SSSR count). The molecule has 34 heavy (non-hydrogen) atoms. The number of fused-ring (bicyclic) bond motifs is 4. The van der Waals surface area contributed by atoms with Gasteiger partial charge in [-0.25, -0.2) is 9.37 Å². The Bertz CT molecular complexity index is 1530. The van der Waals surface area contributed by atoms with Gasteiger partial charge >= 0.3 is 0 Å². The summed E-state index contributed by atoms with van der Waals surface area (Å²) in [6, 6.07) is 9.71. The van der Waals surface area contributed by atoms with Crippen LogP contribution in [0.15, 0.2) is 48.9 Å². The van der Waals surface area contributed by atoms with Crippen LogP contribution in [0.2, 0.25) is 0 Å². The summed E-state index contributed by atoms with van der Waals surface area (Å²) in [4.78, 5) is 16.6. The van der Waals surface area contributed by atoms with Crippen LogP contribution in [-0.4, -0.2) is 40.7 Å². The predicted molar refractivity (Wildman–Crippen MR) is 125 cm³/mol. The van der Waals surface area contributed by atoms with E-state index in [1.807, 2.05) is 12.1 Å². The Balaban J connectivity index is 1.43. The minimum Gasteiger partial charge on any atom is -0.372 e. The largest absolute Gasteiger partial charge is 0.372 e. The number of anilines is 1. The summed E-state index contributed by atoms with van der Waals surface area (Å²) in [7, 11) is 0. The molecule has 1 aliphatic carbocycles. The fraction of sp³-hybridized carbons (Fsp3) is 0.250. The van der Waals surface area contributed by atoms with Crippen molar-refractivity contribution < 1.29 is 9.50 Å². The van der Waals surface area contributed by atoms with E-state index in [1.54, 1.807) is 0 Å². The van der Waals surface area contributed by atoms with Crippen LogP contribution in [0.1, 0.15) is 30.2 Å². The second kappa shape index (κ2) is 7.57. The van der Waals surface area contributed by atoms with E-state index in [0.29, 0.717) is 22.7 Å². The predicted octanol–water partition coefficient (Wildman–Crippen LogP) is 2.90. The van der Waals surface area contributed by atoms with Crippen LogP contribution in [0.3, 0.4) is 0 Å². The first-order chi connectivity index (χ1) is 16.4. The Morgan fingerprint density at radius 1 is 1.24 bits per heavy atom. The second-order valence-corrected chi connectivity index (χ2v) is 8.92. The van der Waals surface area contributed by atoms with E-state index in [0.717, 1.165) is 31.0 Å². The number of nitrogens with one attached hydrogen (secondary N) is 2. The van der Waals surface area contributed by atoms with Gasteiger partial charge in [-0.2, -0.15) is 14.6 Å². The molecule has 1 aliphatic rings. The van der Waals surface area contributed by atoms with Gasteiger partial charge in [0.2, 0.25) is 5.95 Å². The van der Waals surface area contributed by atoms with E-state index in [2.05, 4.69) is 42.5 Å². The molecule has 9 nitrogen and oxygen atoms in total. The van der Waals surface area contributed by atoms with Crippen molar-refractivity contribution in [2.45, 2.75) is 38.0 Å². The lowest BCUT2D eigenvalue weighted by molar-refractivity contribution is 0.0660. The topological polar surface area (TPSA) is 130 Å². The number of aromatic amines is 1. The van der Waals surface area contributed by atoms with Crippen molar-refractivity contribution in [2.75, 3.05) is 5.32 Å². The number of aromatic nitrogens is 6. The minimum atomic E-state index is -1.66. The standard InChI is InChI=1S/C24H23FN8O/c1-24(26,34)18-12-28-33-22(18)31-21(13-8-14(25)11-27-10-13)32-23(33)29-15-6-7-20-17(9-15)16-4-2-3-5-19(16)30-20/h2-5,8,10-12,15,30,34H,6-7,9,26H2,1H3,(H,29,31,32)/t15-,24?/m1/s1. The minimum absolute atomic E-state index is 0.0920. The molecule has 0 amide bonds. The van der Waals surface area contributed by atoms with E-state index in [-0.39, 0.29) is 11.9 Å². The monoisotopic (exact) mass is 458 g/mol. The van der Waals surface area contributed by atoms with Crippen molar-refractivity contribution in [3.05, 3.63) is 71.6 Å². The van der Waals surface area contributed by atoms with Crippen molar-refractivity contribution in [3.63, 3.8) is 0 Å². The highest BCUT2D eigenvalue weighted by molar-refractivity contribution is 5.85. The zero-order valence-electron chi connectivity index (χ0n) is 18.5. The molecular formula is C24H23FN8O. The van der Waals surface area contributed by atoms with Crippen LogP contribution < -0.4 is 11.1 Å². The zero-order chi connectivity index (χ0) is 23.4. The fourth-order valence-corrected chi connectivity index (χ4v) is 4.67. The van der Waals surface area contributed by atoms with Crippen LogP contribution in [0.4, 0.5) is 10.3 Å². The van der Waals surface area contributed by atoms with Gasteiger partial charge in [-0.05, 0) is 43.9 Å². The van der Waals surface area contributed by atoms with Gasteiger partial charge in [-0.15, -0.1) is 0 Å². The van der Waals surface area contributed by atoms with Crippen molar-refractivity contribution in [1.29, 1.82) is 0 Å². The quantitative estimate of drug-likeness (QED) is 0.305. The van der Waals surface area contributed by atoms with Crippen molar-refractivity contribution >= 4 is 22.5 Å². The number of aryl methyl sites for hydroxylation is 1. The Labute approximate surface area is 193 Å². The maximum atomic E-state index is 13.9. The SMILES string of the molecule is CC(N)(O)c1cnn2c(N[C@@H]3CCc4[nH]c5ccccc5c4C3)nc(-c3cncc(F)c3)nc12. The molecule has 2 atom stereocenters. The molecule has 4 aromatic heterocycles. The fourth-order valence-electron chi connectivity index (χ4n) is 4.67. The molecule has 0 bridgehead atoms. The molecule has 5 aromatic rings. The number of aliphatic hydroxyl groups is 1. The third kappa shape index (κ3) is 3.47. The van der Waals surface area contributed by atoms with Gasteiger partial charge in [0.25, 0.3) is 0 Å². The molecule has 172 valence electrons. The summed E-state index contributed by atoms with van der Waals surface area (Å²) in [5, 5.41) is 19.6. The first-order valence-electron chi connectivity index (χ1n) is 11.1. The molecule has 5 N–H and O–H groups in total. The van der Waals surface area contributed by atoms with Crippen molar-refractivity contribution in [1.82, 2.24) is 29.5 Å². The number of benzene rings is 1. The van der Waals surface area contributed by atoms with Crippen molar-refractivity contribution in [2.24, 2.45) is 5.73 Å². The molecule has 0 spiro atoms. The molecule has 0 saturated heterocycles. The summed E-state index contributed by atoms with van der Waals surface area (Å²) in [6.45, 7) is 1.46. The molecule has 4 heterocycles. The number of hydrogen-bond acceptors (Lipinski definition) is 7. The highest BCUT2D eigenvalue weighted by Gasteiger charge is 2.27. The van der Waals surface area contributed by atoms with E-state index in [4.69, 9.17) is 5.73 Å². The average Bonchev–Trinajstić information content (AvgIpc) is 3.41. The molecule has 0 radical (unpaired) electrons. The zero-order valence-corrected chi connectivity index (χ0v) is 18.5. The van der Waals surface area contributed by atoms with Gasteiger partial charge in [0.15, 0.2) is 11.5 Å². The summed E-state index contributed by atoms with van der Waals surface area (Å²) < 4.78 is 15.4. The van der Waals surface area contributed by atoms with Gasteiger partial charge in [0.1, 0.15) is 11.5 Å². The van der Waals surface area contributed by atoms with E-state index in [1.165, 1.54) is 46.5 Å². The smallest absolute Gasteiger partial charge is 0.228 e. The summed E-state index contributed by atoms with van der Waals surface area (Å²) in [5.74, 6) is 0.207. The first-order valence-corrected chi connectivity index (χ1v) is 11.1. The van der Waals surface area contributed by atoms with Crippen molar-refractivity contribution in [3.8, 4) is 11.4 Å². The summed E-state index contributed by atoms with van der Waals surface area (Å²) >= 11 is 0. The Morgan fingerprint density at radius 2 is 2.09 bits per heavy atom. The first kappa shape index (κ1) is 20.7. The maximum absolute atomic E-state index is 13.9. The number of nitrogens with two attached hydrogens (primary N) is 1. The normalized spacial score (nSPS) is 17.6. The van der Waals surface area contributed by atoms with Gasteiger partial charge in [0, 0.05) is 34.4 Å². The number of para-hydroxylation sites is 1. The number of pyridine rings is 1. The lowest BCUT2D eigenvalue weighted by Crippen LogP contribution is -2.32. The third-order valence-corrected chi connectivity index (χ3v) is 6.30. The van der Waals surface area contributed by atoms with E-state index >= 15 is 0 Å². The highest BCUT2D eigenvalue weighted by Crippen LogP contribution is 2.31. The van der Waals surface area contributed by atoms with E-state index in [9.17, 15) is 9.50 Å². The third-order valence-electron chi connectivity index (χ3n) is 6.30. The van der Waals surface area contributed by atoms with Crippen LogP contribution in [0, 0.1) is 5.82 Å². The van der Waals surface area contributed by atoms with Gasteiger partial charge in [-0.3, -0.25) is 10.7 Å². The van der Waals surface area contributed by atoms with Crippen LogP contribution >= 0.6 is 0 Å². The number of rotatable bonds is 4. The van der Waals surface area contributed by atoms with Crippen LogP contribution in [0.25, 0.3) is 27.9 Å². The van der Waals surface area contributed by atoms with E-state index < -0.39 is 11.5 Å². The molecular weight excluding hydrogens is 435 g/mol. The average molecular weight is 459 g/mol. The Kier molecular flexibility index (Phi) is 4.61. The highest BCUT2D eigenvalue weighted by atomic mass is 19.1. The molecule has 1 aromatic carbocycles. The molecule has 0 aliphatic heterocycles. The number of nitrogens with zero attached hydrogens (tertiary/aromatic N) is 5. The van der Waals surface area contributed by atoms with Gasteiger partial charge < -0.3 is 15.4 Å². The second-order valence-electron chi connectivity index (χ2n) is 8.92. The molecule has 0 fully saturated rings. The Morgan fingerprint density at radius 3 is 2.91 bits per heavy atom. The summed E-state index contributed by atoms with van der Waals surface area (Å²) in [6.07, 6.45) is 6.69. The Hall–Kier alpha value is -3.89. The van der Waals surface area contributed by atoms with Gasteiger partial charge in [0.05, 0.1) is 18.0 Å². The molecule has 10 heteroatoms. The summed E-state index contributed by atoms with van der Waals surface area (Å²) in [5.41, 5.74) is 9.09. The lowest BCUT2D eigenvalue weighted by atomic mass is 9.91.